The lowest BCUT2D eigenvalue weighted by molar-refractivity contribution is 0.0690. The summed E-state index contributed by atoms with van der Waals surface area (Å²) in [5.41, 5.74) is 0.965. The van der Waals surface area contributed by atoms with Crippen LogP contribution in [-0.2, 0) is 0 Å². The van der Waals surface area contributed by atoms with Gasteiger partial charge in [0.25, 0.3) is 0 Å². The van der Waals surface area contributed by atoms with Gasteiger partial charge in [-0.1, -0.05) is 38.1 Å². The summed E-state index contributed by atoms with van der Waals surface area (Å²) in [7, 11) is 0. The highest BCUT2D eigenvalue weighted by atomic mass is 16.4. The fourth-order valence-corrected chi connectivity index (χ4v) is 2.23. The van der Waals surface area contributed by atoms with Gasteiger partial charge >= 0.3 is 5.97 Å². The fourth-order valence-electron chi connectivity index (χ4n) is 2.23. The van der Waals surface area contributed by atoms with E-state index in [1.807, 2.05) is 36.5 Å². The number of hydrogen-bond donors (Lipinski definition) is 1. The number of fused-ring (bicyclic) bond motifs is 1. The molecular weight excluding hydrogens is 266 g/mol. The zero-order valence-electron chi connectivity index (χ0n) is 11.8. The molecule has 0 saturated heterocycles. The van der Waals surface area contributed by atoms with Crippen LogP contribution in [0.15, 0.2) is 42.6 Å². The van der Waals surface area contributed by atoms with E-state index in [4.69, 9.17) is 0 Å². The Hall–Kier alpha value is -2.69. The smallest absolute Gasteiger partial charge is 0.354 e. The molecule has 0 aliphatic heterocycles. The number of carbonyl (C=O) groups is 1. The summed E-state index contributed by atoms with van der Waals surface area (Å²) in [6, 6.07) is 11.1. The zero-order valence-corrected chi connectivity index (χ0v) is 11.8. The first-order valence-electron chi connectivity index (χ1n) is 6.75. The maximum atomic E-state index is 11.2. The Labute approximate surface area is 121 Å². The molecular formula is C16H15N3O2. The molecule has 0 spiro atoms. The van der Waals surface area contributed by atoms with Crippen molar-refractivity contribution in [2.24, 2.45) is 0 Å². The van der Waals surface area contributed by atoms with E-state index >= 15 is 0 Å². The minimum atomic E-state index is -1.04. The van der Waals surface area contributed by atoms with E-state index in [9.17, 15) is 9.90 Å². The van der Waals surface area contributed by atoms with Gasteiger partial charge in [-0.2, -0.15) is 5.10 Å². The van der Waals surface area contributed by atoms with Crippen LogP contribution in [0.4, 0.5) is 0 Å². The van der Waals surface area contributed by atoms with Gasteiger partial charge in [-0.15, -0.1) is 0 Å². The quantitative estimate of drug-likeness (QED) is 0.800. The molecule has 21 heavy (non-hydrogen) atoms. The summed E-state index contributed by atoms with van der Waals surface area (Å²) in [6.07, 6.45) is 1.82. The highest BCUT2D eigenvalue weighted by Gasteiger charge is 2.13. The van der Waals surface area contributed by atoms with Crippen molar-refractivity contribution >= 4 is 16.7 Å². The topological polar surface area (TPSA) is 68.0 Å². The van der Waals surface area contributed by atoms with Crippen molar-refractivity contribution in [3.8, 4) is 5.82 Å². The van der Waals surface area contributed by atoms with E-state index in [0.717, 1.165) is 16.5 Å². The first-order valence-corrected chi connectivity index (χ1v) is 6.75. The third-order valence-electron chi connectivity index (χ3n) is 3.36. The monoisotopic (exact) mass is 281 g/mol. The predicted molar refractivity (Wildman–Crippen MR) is 79.9 cm³/mol. The fraction of sp³-hybridized carbons (Fsp3) is 0.188. The Morgan fingerprint density at radius 2 is 2.00 bits per heavy atom. The molecule has 0 bridgehead atoms. The van der Waals surface area contributed by atoms with E-state index in [1.165, 1.54) is 0 Å². The van der Waals surface area contributed by atoms with Crippen LogP contribution in [0.5, 0.6) is 0 Å². The molecule has 0 amide bonds. The maximum absolute atomic E-state index is 11.2. The van der Waals surface area contributed by atoms with E-state index in [-0.39, 0.29) is 5.69 Å². The average molecular weight is 281 g/mol. The number of aromatic nitrogens is 3. The van der Waals surface area contributed by atoms with Crippen LogP contribution in [0.25, 0.3) is 16.6 Å². The minimum absolute atomic E-state index is 0.0188. The number of nitrogens with zero attached hydrogens (tertiary/aromatic N) is 3. The zero-order chi connectivity index (χ0) is 15.0. The molecule has 0 atom stereocenters. The summed E-state index contributed by atoms with van der Waals surface area (Å²) in [5, 5.41) is 15.4. The molecule has 1 N–H and O–H groups in total. The lowest BCUT2D eigenvalue weighted by Crippen LogP contribution is -2.07. The van der Waals surface area contributed by atoms with Crippen LogP contribution in [-0.4, -0.2) is 25.8 Å². The summed E-state index contributed by atoms with van der Waals surface area (Å²) >= 11 is 0. The third-order valence-corrected chi connectivity index (χ3v) is 3.36. The van der Waals surface area contributed by atoms with Crippen molar-refractivity contribution in [2.45, 2.75) is 19.8 Å². The molecule has 3 rings (SSSR count). The van der Waals surface area contributed by atoms with Crippen molar-refractivity contribution < 1.29 is 9.90 Å². The van der Waals surface area contributed by atoms with Gasteiger partial charge in [0.1, 0.15) is 0 Å². The van der Waals surface area contributed by atoms with E-state index < -0.39 is 5.97 Å². The molecule has 2 heterocycles. The van der Waals surface area contributed by atoms with Crippen LogP contribution < -0.4 is 0 Å². The van der Waals surface area contributed by atoms with Crippen molar-refractivity contribution in [2.75, 3.05) is 0 Å². The summed E-state index contributed by atoms with van der Waals surface area (Å²) in [4.78, 5) is 15.5. The maximum Gasteiger partial charge on any atom is 0.354 e. The van der Waals surface area contributed by atoms with Gasteiger partial charge in [0.15, 0.2) is 11.5 Å². The van der Waals surface area contributed by atoms with Crippen molar-refractivity contribution in [3.63, 3.8) is 0 Å². The Morgan fingerprint density at radius 3 is 2.67 bits per heavy atom. The molecule has 2 aromatic heterocycles. The Kier molecular flexibility index (Phi) is 3.17. The van der Waals surface area contributed by atoms with E-state index in [2.05, 4.69) is 23.9 Å². The number of carboxylic acid groups (broad SMARTS) is 1. The van der Waals surface area contributed by atoms with Crippen LogP contribution >= 0.6 is 0 Å². The highest BCUT2D eigenvalue weighted by molar-refractivity contribution is 5.95. The molecule has 0 aliphatic rings. The van der Waals surface area contributed by atoms with Gasteiger partial charge in [0.05, 0.1) is 5.69 Å². The molecule has 5 nitrogen and oxygen atoms in total. The second-order valence-corrected chi connectivity index (χ2v) is 5.20. The molecule has 0 unspecified atom stereocenters. The van der Waals surface area contributed by atoms with Gasteiger partial charge in [0, 0.05) is 11.6 Å². The van der Waals surface area contributed by atoms with Gasteiger partial charge in [-0.05, 0) is 23.4 Å². The van der Waals surface area contributed by atoms with Crippen molar-refractivity contribution in [1.29, 1.82) is 0 Å². The molecule has 5 heteroatoms. The lowest BCUT2D eigenvalue weighted by atomic mass is 10.1. The minimum Gasteiger partial charge on any atom is -0.477 e. The normalized spacial score (nSPS) is 11.2. The Bertz CT molecular complexity index is 821. The van der Waals surface area contributed by atoms with Crippen molar-refractivity contribution in [3.05, 3.63) is 54.0 Å². The van der Waals surface area contributed by atoms with Gasteiger partial charge in [0.2, 0.25) is 0 Å². The third kappa shape index (κ3) is 2.38. The second kappa shape index (κ2) is 5.01. The van der Waals surface area contributed by atoms with E-state index in [1.54, 1.807) is 10.7 Å². The van der Waals surface area contributed by atoms with Crippen LogP contribution in [0.3, 0.4) is 0 Å². The number of carboxylic acids is 1. The predicted octanol–water partition coefficient (Wildman–Crippen LogP) is 3.24. The highest BCUT2D eigenvalue weighted by Crippen LogP contribution is 2.22. The SMILES string of the molecule is CC(C)c1ccn(-c2nc(C(=O)O)cc3ccccc23)n1. The van der Waals surface area contributed by atoms with Gasteiger partial charge in [-0.25, -0.2) is 14.5 Å². The summed E-state index contributed by atoms with van der Waals surface area (Å²) < 4.78 is 1.64. The summed E-state index contributed by atoms with van der Waals surface area (Å²) in [5.74, 6) is -0.198. The number of hydrogen-bond acceptors (Lipinski definition) is 3. The average Bonchev–Trinajstić information content (AvgIpc) is 2.96. The van der Waals surface area contributed by atoms with Crippen LogP contribution in [0, 0.1) is 0 Å². The molecule has 3 aromatic rings. The molecule has 1 aromatic carbocycles. The largest absolute Gasteiger partial charge is 0.477 e. The molecule has 106 valence electrons. The molecule has 0 radical (unpaired) electrons. The number of rotatable bonds is 3. The van der Waals surface area contributed by atoms with Gasteiger partial charge < -0.3 is 5.11 Å². The number of aromatic carboxylic acids is 1. The van der Waals surface area contributed by atoms with Crippen LogP contribution in [0.2, 0.25) is 0 Å². The molecule has 0 fully saturated rings. The summed E-state index contributed by atoms with van der Waals surface area (Å²) in [6.45, 7) is 4.12. The number of benzene rings is 1. The second-order valence-electron chi connectivity index (χ2n) is 5.20. The van der Waals surface area contributed by atoms with Crippen LogP contribution in [0.1, 0.15) is 35.9 Å². The van der Waals surface area contributed by atoms with E-state index in [0.29, 0.717) is 11.7 Å². The standard InChI is InChI=1S/C16H15N3O2/c1-10(2)13-7-8-19(18-13)15-12-6-4-3-5-11(12)9-14(17-15)16(20)21/h3-10H,1-2H3,(H,20,21). The van der Waals surface area contributed by atoms with Gasteiger partial charge in [-0.3, -0.25) is 0 Å². The first kappa shape index (κ1) is 13.3. The Morgan fingerprint density at radius 1 is 1.24 bits per heavy atom. The molecule has 0 saturated carbocycles. The Balaban J connectivity index is 2.26. The van der Waals surface area contributed by atoms with Crippen molar-refractivity contribution in [1.82, 2.24) is 14.8 Å². The number of pyridine rings is 1. The molecule has 0 aliphatic carbocycles. The lowest BCUT2D eigenvalue weighted by Gasteiger charge is -2.07. The first-order chi connectivity index (χ1) is 10.1.